The molecule has 110 valence electrons. The molecule has 4 atom stereocenters. The summed E-state index contributed by atoms with van der Waals surface area (Å²) in [7, 11) is 0. The van der Waals surface area contributed by atoms with Gasteiger partial charge in [0.25, 0.3) is 0 Å². The van der Waals surface area contributed by atoms with Crippen molar-refractivity contribution in [2.45, 2.75) is 78.3 Å². The largest absolute Gasteiger partial charge is 0.247 e. The highest BCUT2D eigenvalue weighted by atomic mass is 19.1. The van der Waals surface area contributed by atoms with Crippen molar-refractivity contribution in [3.8, 4) is 0 Å². The first kappa shape index (κ1) is 15.1. The second-order valence-corrected chi connectivity index (χ2v) is 7.12. The van der Waals surface area contributed by atoms with Crippen LogP contribution in [0.5, 0.6) is 0 Å². The van der Waals surface area contributed by atoms with Crippen LogP contribution >= 0.6 is 0 Å². The number of alkyl halides is 1. The smallest absolute Gasteiger partial charge is 0.104 e. The quantitative estimate of drug-likeness (QED) is 0.554. The lowest BCUT2D eigenvalue weighted by atomic mass is 9.66. The van der Waals surface area contributed by atoms with Crippen molar-refractivity contribution in [1.82, 2.24) is 0 Å². The number of allylic oxidation sites excluding steroid dienone is 2. The molecule has 19 heavy (non-hydrogen) atoms. The molecule has 0 heterocycles. The summed E-state index contributed by atoms with van der Waals surface area (Å²) < 4.78 is 13.2. The molecule has 0 amide bonds. The summed E-state index contributed by atoms with van der Waals surface area (Å²) in [5.74, 6) is 3.44. The molecule has 0 nitrogen and oxygen atoms in total. The fraction of sp³-hybridized carbons (Fsp3) is 0.889. The molecule has 1 fully saturated rings. The summed E-state index contributed by atoms with van der Waals surface area (Å²) in [6.45, 7) is 7.09. The molecule has 0 aliphatic heterocycles. The molecule has 0 aromatic heterocycles. The molecule has 2 aliphatic carbocycles. The topological polar surface area (TPSA) is 0 Å². The van der Waals surface area contributed by atoms with E-state index in [0.29, 0.717) is 6.42 Å². The summed E-state index contributed by atoms with van der Waals surface area (Å²) in [5, 5.41) is 0. The highest BCUT2D eigenvalue weighted by Crippen LogP contribution is 2.44. The van der Waals surface area contributed by atoms with Crippen LogP contribution in [-0.2, 0) is 0 Å². The molecule has 0 aromatic rings. The fourth-order valence-electron chi connectivity index (χ4n) is 4.40. The second-order valence-electron chi connectivity index (χ2n) is 7.12. The van der Waals surface area contributed by atoms with E-state index in [-0.39, 0.29) is 0 Å². The zero-order valence-corrected chi connectivity index (χ0v) is 13.0. The zero-order valence-electron chi connectivity index (χ0n) is 13.0. The van der Waals surface area contributed by atoms with Gasteiger partial charge in [0.05, 0.1) is 0 Å². The highest BCUT2D eigenvalue weighted by molar-refractivity contribution is 5.12. The Morgan fingerprint density at radius 2 is 2.05 bits per heavy atom. The van der Waals surface area contributed by atoms with E-state index < -0.39 is 6.17 Å². The maximum atomic E-state index is 13.2. The third kappa shape index (κ3) is 3.83. The molecule has 0 aromatic carbocycles. The van der Waals surface area contributed by atoms with Gasteiger partial charge in [0.2, 0.25) is 0 Å². The predicted octanol–water partition coefficient (Wildman–Crippen LogP) is 5.92. The Morgan fingerprint density at radius 3 is 2.63 bits per heavy atom. The molecule has 2 unspecified atom stereocenters. The Balaban J connectivity index is 1.98. The number of hydrogen-bond acceptors (Lipinski definition) is 0. The second kappa shape index (κ2) is 6.90. The van der Waals surface area contributed by atoms with Gasteiger partial charge in [0.1, 0.15) is 6.17 Å². The first-order valence-electron chi connectivity index (χ1n) is 8.44. The van der Waals surface area contributed by atoms with Gasteiger partial charge >= 0.3 is 0 Å². The Morgan fingerprint density at radius 1 is 1.26 bits per heavy atom. The normalized spacial score (nSPS) is 36.4. The van der Waals surface area contributed by atoms with Crippen LogP contribution in [0.2, 0.25) is 0 Å². The van der Waals surface area contributed by atoms with Gasteiger partial charge in [-0.05, 0) is 62.2 Å². The minimum Gasteiger partial charge on any atom is -0.247 e. The van der Waals surface area contributed by atoms with E-state index in [1.54, 1.807) is 5.57 Å². The van der Waals surface area contributed by atoms with Crippen LogP contribution in [0.25, 0.3) is 0 Å². The van der Waals surface area contributed by atoms with E-state index in [2.05, 4.69) is 26.8 Å². The average Bonchev–Trinajstić information content (AvgIpc) is 2.39. The van der Waals surface area contributed by atoms with Crippen LogP contribution in [0, 0.1) is 23.7 Å². The first-order valence-corrected chi connectivity index (χ1v) is 8.44. The molecule has 0 bridgehead atoms. The molecule has 0 spiro atoms. The van der Waals surface area contributed by atoms with Gasteiger partial charge in [-0.1, -0.05) is 45.3 Å². The maximum Gasteiger partial charge on any atom is 0.104 e. The Bertz CT molecular complexity index is 305. The Hall–Kier alpha value is -0.330. The van der Waals surface area contributed by atoms with E-state index in [4.69, 9.17) is 0 Å². The summed E-state index contributed by atoms with van der Waals surface area (Å²) in [5.41, 5.74) is 1.59. The monoisotopic (exact) mass is 266 g/mol. The summed E-state index contributed by atoms with van der Waals surface area (Å²) >= 11 is 0. The minimum absolute atomic E-state index is 0.567. The molecule has 0 N–H and O–H groups in total. The molecule has 2 rings (SSSR count). The van der Waals surface area contributed by atoms with Crippen LogP contribution < -0.4 is 0 Å². The van der Waals surface area contributed by atoms with E-state index in [0.717, 1.165) is 36.5 Å². The van der Waals surface area contributed by atoms with Gasteiger partial charge in [-0.15, -0.1) is 0 Å². The standard InChI is InChI=1S/C18H31F/c1-4-5-16-12-15(8-11-18(16)13(2)3)14-6-9-17(19)10-7-14/h6,13,15-18H,4-5,7-12H2,1-3H3/t15-,16-,17?,18?/m0/s1. The van der Waals surface area contributed by atoms with Crippen LogP contribution in [0.4, 0.5) is 4.39 Å². The van der Waals surface area contributed by atoms with Crippen molar-refractivity contribution >= 4 is 0 Å². The maximum absolute atomic E-state index is 13.2. The zero-order chi connectivity index (χ0) is 13.8. The average molecular weight is 266 g/mol. The van der Waals surface area contributed by atoms with Gasteiger partial charge < -0.3 is 0 Å². The van der Waals surface area contributed by atoms with Gasteiger partial charge in [-0.2, -0.15) is 0 Å². The summed E-state index contributed by atoms with van der Waals surface area (Å²) in [6.07, 6.45) is 11.0. The Kier molecular flexibility index (Phi) is 5.47. The van der Waals surface area contributed by atoms with Crippen LogP contribution in [0.1, 0.15) is 72.1 Å². The lowest BCUT2D eigenvalue weighted by molar-refractivity contribution is 0.138. The van der Waals surface area contributed by atoms with Crippen LogP contribution in [-0.4, -0.2) is 6.17 Å². The van der Waals surface area contributed by atoms with Crippen LogP contribution in [0.15, 0.2) is 11.6 Å². The fourth-order valence-corrected chi connectivity index (χ4v) is 4.40. The lowest BCUT2D eigenvalue weighted by Gasteiger charge is -2.40. The summed E-state index contributed by atoms with van der Waals surface area (Å²) in [4.78, 5) is 0. The predicted molar refractivity (Wildman–Crippen MR) is 80.9 cm³/mol. The molecule has 1 heteroatoms. The van der Waals surface area contributed by atoms with E-state index in [1.807, 2.05) is 0 Å². The highest BCUT2D eigenvalue weighted by Gasteiger charge is 2.33. The van der Waals surface area contributed by atoms with Gasteiger partial charge in [0.15, 0.2) is 0 Å². The van der Waals surface area contributed by atoms with Crippen molar-refractivity contribution in [3.63, 3.8) is 0 Å². The van der Waals surface area contributed by atoms with Crippen molar-refractivity contribution in [1.29, 1.82) is 0 Å². The molecule has 0 radical (unpaired) electrons. The number of halogens is 1. The number of rotatable bonds is 4. The van der Waals surface area contributed by atoms with Gasteiger partial charge in [0, 0.05) is 0 Å². The first-order chi connectivity index (χ1) is 9.11. The van der Waals surface area contributed by atoms with Crippen molar-refractivity contribution in [3.05, 3.63) is 11.6 Å². The van der Waals surface area contributed by atoms with Crippen molar-refractivity contribution in [2.24, 2.45) is 23.7 Å². The summed E-state index contributed by atoms with van der Waals surface area (Å²) in [6, 6.07) is 0. The molecule has 2 aliphatic rings. The Labute approximate surface area is 118 Å². The van der Waals surface area contributed by atoms with Crippen LogP contribution in [0.3, 0.4) is 0 Å². The van der Waals surface area contributed by atoms with E-state index in [1.165, 1.54) is 32.1 Å². The van der Waals surface area contributed by atoms with Crippen molar-refractivity contribution < 1.29 is 4.39 Å². The van der Waals surface area contributed by atoms with E-state index in [9.17, 15) is 4.39 Å². The molecule has 1 saturated carbocycles. The lowest BCUT2D eigenvalue weighted by Crippen LogP contribution is -2.29. The number of hydrogen-bond donors (Lipinski definition) is 0. The van der Waals surface area contributed by atoms with Gasteiger partial charge in [-0.3, -0.25) is 0 Å². The van der Waals surface area contributed by atoms with Crippen molar-refractivity contribution in [2.75, 3.05) is 0 Å². The minimum atomic E-state index is -0.567. The SMILES string of the molecule is CCC[C@H]1C[C@@H](C2=CCC(F)CC2)CCC1C(C)C. The third-order valence-electron chi connectivity index (χ3n) is 5.46. The van der Waals surface area contributed by atoms with E-state index >= 15 is 0 Å². The van der Waals surface area contributed by atoms with Gasteiger partial charge in [-0.25, -0.2) is 4.39 Å². The molecule has 0 saturated heterocycles. The molecular weight excluding hydrogens is 235 g/mol. The molecular formula is C18H31F. The third-order valence-corrected chi connectivity index (χ3v) is 5.46.